The molecule has 7 nitrogen and oxygen atoms in total. The number of fused-ring (bicyclic) bond motifs is 1. The van der Waals surface area contributed by atoms with Crippen LogP contribution in [0.5, 0.6) is 5.75 Å². The number of halogens is 2. The molecule has 2 aliphatic rings. The highest BCUT2D eigenvalue weighted by Crippen LogP contribution is 2.38. The zero-order chi connectivity index (χ0) is 29.5. The molecule has 2 aromatic carbocycles. The van der Waals surface area contributed by atoms with Crippen LogP contribution in [0.3, 0.4) is 0 Å². The predicted molar refractivity (Wildman–Crippen MR) is 165 cm³/mol. The van der Waals surface area contributed by atoms with Crippen molar-refractivity contribution < 1.29 is 23.0 Å². The number of anilines is 2. The number of nitrogens with zero attached hydrogens (tertiary/aromatic N) is 1. The topological polar surface area (TPSA) is 74.9 Å². The second kappa shape index (κ2) is 14.2. The Morgan fingerprint density at radius 2 is 1.93 bits per heavy atom. The van der Waals surface area contributed by atoms with Gasteiger partial charge in [-0.25, -0.2) is 8.78 Å². The molecular formula is C32H38F2N4O3S. The van der Waals surface area contributed by atoms with E-state index >= 15 is 0 Å². The molecular weight excluding hydrogens is 558 g/mol. The molecule has 1 aliphatic heterocycles. The van der Waals surface area contributed by atoms with Crippen molar-refractivity contribution in [3.05, 3.63) is 52.4 Å². The van der Waals surface area contributed by atoms with Gasteiger partial charge in [0, 0.05) is 44.2 Å². The van der Waals surface area contributed by atoms with E-state index in [0.717, 1.165) is 67.8 Å². The van der Waals surface area contributed by atoms with Crippen LogP contribution in [0.2, 0.25) is 0 Å². The second-order valence-electron chi connectivity index (χ2n) is 10.6. The van der Waals surface area contributed by atoms with E-state index in [0.29, 0.717) is 39.5 Å². The first-order valence-electron chi connectivity index (χ1n) is 14.5. The average molecular weight is 597 g/mol. The number of rotatable bonds is 9. The Balaban J connectivity index is 1.29. The summed E-state index contributed by atoms with van der Waals surface area (Å²) in [6.07, 6.45) is 1.67. The lowest BCUT2D eigenvalue weighted by Gasteiger charge is -2.39. The third-order valence-electron chi connectivity index (χ3n) is 8.06. The third-order valence-corrected chi connectivity index (χ3v) is 9.25. The molecule has 3 N–H and O–H groups in total. The van der Waals surface area contributed by atoms with Gasteiger partial charge in [-0.2, -0.15) is 0 Å². The van der Waals surface area contributed by atoms with Crippen LogP contribution in [-0.2, 0) is 11.2 Å². The maximum absolute atomic E-state index is 13.7. The van der Waals surface area contributed by atoms with Crippen LogP contribution < -0.4 is 20.7 Å². The van der Waals surface area contributed by atoms with E-state index in [2.05, 4.69) is 32.7 Å². The first-order valence-corrected chi connectivity index (χ1v) is 15.3. The zero-order valence-corrected chi connectivity index (χ0v) is 24.9. The summed E-state index contributed by atoms with van der Waals surface area (Å²) in [7, 11) is 3.11. The number of thiophene rings is 1. The molecule has 2 fully saturated rings. The van der Waals surface area contributed by atoms with Crippen molar-refractivity contribution in [1.82, 2.24) is 10.2 Å². The second-order valence-corrected chi connectivity index (χ2v) is 11.7. The molecule has 1 aromatic heterocycles. The van der Waals surface area contributed by atoms with Gasteiger partial charge in [-0.1, -0.05) is 24.0 Å². The molecule has 0 radical (unpaired) electrons. The zero-order valence-electron chi connectivity index (χ0n) is 24.1. The Labute approximate surface area is 249 Å². The van der Waals surface area contributed by atoms with Crippen LogP contribution in [0.15, 0.2) is 36.4 Å². The highest BCUT2D eigenvalue weighted by molar-refractivity contribution is 7.20. The van der Waals surface area contributed by atoms with Gasteiger partial charge in [0.1, 0.15) is 5.75 Å². The molecule has 5 rings (SSSR count). The standard InChI is InChI=1S/C32H38F2N4O3S/c1-35-32(39)21-8-13-26(28(19-21)40-2)36-14-4-7-29-25(20-30(33)34)24-5-3-6-27(31(24)42-29)37-22-9-11-23(12-10-22)38-15-17-41-18-16-38/h3,5-6,8,13,19,22-23,30,36-37H,9-12,14-18,20H2,1-2H3,(H,35,39). The van der Waals surface area contributed by atoms with E-state index in [9.17, 15) is 13.6 Å². The first kappa shape index (κ1) is 30.1. The van der Waals surface area contributed by atoms with Gasteiger partial charge in [0.15, 0.2) is 0 Å². The quantitative estimate of drug-likeness (QED) is 0.280. The highest BCUT2D eigenvalue weighted by Gasteiger charge is 2.27. The fourth-order valence-corrected chi connectivity index (χ4v) is 7.06. The van der Waals surface area contributed by atoms with Gasteiger partial charge >= 0.3 is 0 Å². The molecule has 0 atom stereocenters. The number of alkyl halides is 2. The lowest BCUT2D eigenvalue weighted by molar-refractivity contribution is 0.00791. The van der Waals surface area contributed by atoms with Crippen molar-refractivity contribution in [1.29, 1.82) is 0 Å². The normalized spacial score (nSPS) is 19.3. The van der Waals surface area contributed by atoms with Crippen molar-refractivity contribution >= 4 is 38.7 Å². The SMILES string of the molecule is CNC(=O)c1ccc(NCC#Cc2sc3c(NC4CCC(N5CCOCC5)CC4)cccc3c2CC(F)F)c(OC)c1. The van der Waals surface area contributed by atoms with Gasteiger partial charge in [-0.3, -0.25) is 9.69 Å². The van der Waals surface area contributed by atoms with E-state index in [1.165, 1.54) is 18.4 Å². The molecule has 2 heterocycles. The largest absolute Gasteiger partial charge is 0.495 e. The number of benzene rings is 2. The van der Waals surface area contributed by atoms with Crippen molar-refractivity contribution in [2.75, 3.05) is 57.6 Å². The molecule has 10 heteroatoms. The molecule has 42 heavy (non-hydrogen) atoms. The summed E-state index contributed by atoms with van der Waals surface area (Å²) in [5.41, 5.74) is 2.78. The van der Waals surface area contributed by atoms with E-state index in [1.54, 1.807) is 25.2 Å². The van der Waals surface area contributed by atoms with Gasteiger partial charge in [0.25, 0.3) is 5.91 Å². The maximum atomic E-state index is 13.7. The van der Waals surface area contributed by atoms with Gasteiger partial charge in [0.05, 0.1) is 47.8 Å². The number of nitrogens with one attached hydrogen (secondary N) is 3. The number of morpholine rings is 1. The van der Waals surface area contributed by atoms with E-state index in [1.807, 2.05) is 18.2 Å². The number of carbonyl (C=O) groups is 1. The Kier molecular flexibility index (Phi) is 10.2. The van der Waals surface area contributed by atoms with E-state index < -0.39 is 6.43 Å². The van der Waals surface area contributed by atoms with Crippen molar-refractivity contribution in [2.24, 2.45) is 0 Å². The smallest absolute Gasteiger partial charge is 0.251 e. The minimum Gasteiger partial charge on any atom is -0.495 e. The minimum absolute atomic E-state index is 0.203. The number of carbonyl (C=O) groups excluding carboxylic acids is 1. The van der Waals surface area contributed by atoms with Gasteiger partial charge in [-0.05, 0) is 60.9 Å². The Morgan fingerprint density at radius 1 is 1.14 bits per heavy atom. The lowest BCUT2D eigenvalue weighted by Crippen LogP contribution is -2.46. The first-order chi connectivity index (χ1) is 20.5. The number of ether oxygens (including phenoxy) is 2. The Morgan fingerprint density at radius 3 is 2.64 bits per heavy atom. The fourth-order valence-electron chi connectivity index (χ4n) is 5.88. The summed E-state index contributed by atoms with van der Waals surface area (Å²) >= 11 is 1.48. The van der Waals surface area contributed by atoms with E-state index in [4.69, 9.17) is 9.47 Å². The van der Waals surface area contributed by atoms with Crippen LogP contribution >= 0.6 is 11.3 Å². The van der Waals surface area contributed by atoms with Crippen molar-refractivity contribution in [3.8, 4) is 17.6 Å². The predicted octanol–water partition coefficient (Wildman–Crippen LogP) is 5.60. The summed E-state index contributed by atoms with van der Waals surface area (Å²) < 4.78 is 39.2. The molecule has 1 amide bonds. The van der Waals surface area contributed by atoms with Crippen molar-refractivity contribution in [2.45, 2.75) is 50.6 Å². The van der Waals surface area contributed by atoms with E-state index in [-0.39, 0.29) is 18.9 Å². The molecule has 224 valence electrons. The summed E-state index contributed by atoms with van der Waals surface area (Å²) in [6.45, 7) is 3.96. The van der Waals surface area contributed by atoms with Crippen LogP contribution in [0.4, 0.5) is 20.2 Å². The average Bonchev–Trinajstić information content (AvgIpc) is 3.37. The highest BCUT2D eigenvalue weighted by atomic mass is 32.1. The Bertz CT molecular complexity index is 1440. The molecule has 0 bridgehead atoms. The lowest BCUT2D eigenvalue weighted by atomic mass is 9.89. The number of amides is 1. The fraction of sp³-hybridized carbons (Fsp3) is 0.469. The Hall–Kier alpha value is -3.39. The van der Waals surface area contributed by atoms with Gasteiger partial charge in [-0.15, -0.1) is 11.3 Å². The summed E-state index contributed by atoms with van der Waals surface area (Å²) in [5.74, 6) is 6.57. The third kappa shape index (κ3) is 7.14. The maximum Gasteiger partial charge on any atom is 0.251 e. The van der Waals surface area contributed by atoms with Gasteiger partial charge < -0.3 is 25.4 Å². The van der Waals surface area contributed by atoms with Crippen LogP contribution in [-0.4, -0.2) is 76.3 Å². The number of methoxy groups -OCH3 is 1. The van der Waals surface area contributed by atoms with Gasteiger partial charge in [0.2, 0.25) is 6.43 Å². The van der Waals surface area contributed by atoms with Crippen LogP contribution in [0, 0.1) is 11.8 Å². The van der Waals surface area contributed by atoms with Crippen molar-refractivity contribution in [3.63, 3.8) is 0 Å². The number of hydrogen-bond acceptors (Lipinski definition) is 7. The molecule has 0 spiro atoms. The molecule has 1 aliphatic carbocycles. The monoisotopic (exact) mass is 596 g/mol. The number of hydrogen-bond donors (Lipinski definition) is 3. The molecule has 1 saturated carbocycles. The van der Waals surface area contributed by atoms with Crippen LogP contribution in [0.25, 0.3) is 10.1 Å². The molecule has 0 unspecified atom stereocenters. The summed E-state index contributed by atoms with van der Waals surface area (Å²) in [6, 6.07) is 12.0. The summed E-state index contributed by atoms with van der Waals surface area (Å²) in [4.78, 5) is 15.2. The molecule has 3 aromatic rings. The minimum atomic E-state index is -2.46. The molecule has 1 saturated heterocycles. The summed E-state index contributed by atoms with van der Waals surface area (Å²) in [5, 5.41) is 10.4. The van der Waals surface area contributed by atoms with Crippen LogP contribution in [0.1, 0.15) is 46.5 Å².